The van der Waals surface area contributed by atoms with Crippen LogP contribution in [0.4, 0.5) is 5.13 Å². The third kappa shape index (κ3) is 4.87. The summed E-state index contributed by atoms with van der Waals surface area (Å²) >= 11 is 1.03. The largest absolute Gasteiger partial charge is 0.461 e. The van der Waals surface area contributed by atoms with Crippen molar-refractivity contribution in [3.8, 4) is 0 Å². The molecule has 0 aromatic carbocycles. The minimum atomic E-state index is -0.487. The van der Waals surface area contributed by atoms with Gasteiger partial charge in [0.05, 0.1) is 12.3 Å². The predicted molar refractivity (Wildman–Crippen MR) is 74.6 cm³/mol. The predicted octanol–water partition coefficient (Wildman–Crippen LogP) is 2.51. The number of nitrogens with one attached hydrogen (secondary N) is 1. The number of nitrogens with zero attached hydrogens (tertiary/aromatic N) is 4. The molecule has 0 radical (unpaired) electrons. The molecule has 1 heterocycles. The molecule has 0 aliphatic carbocycles. The Morgan fingerprint density at radius 3 is 2.85 bits per heavy atom. The van der Waals surface area contributed by atoms with Crippen LogP contribution in [0.15, 0.2) is 5.11 Å². The minimum absolute atomic E-state index is 0.246. The van der Waals surface area contributed by atoms with Gasteiger partial charge in [0.25, 0.3) is 0 Å². The standard InChI is InChI=1S/C11H15N5O3S/c1-6(2)5-19-10(18)9-7(3)14-11(20-9)15-8(17)4-13-16-12/h6H,4-5H2,1-3H3,(H,14,15,17). The molecule has 0 spiro atoms. The van der Waals surface area contributed by atoms with Crippen LogP contribution in [0, 0.1) is 12.8 Å². The van der Waals surface area contributed by atoms with Gasteiger partial charge in [-0.3, -0.25) is 4.79 Å². The Bertz CT molecular complexity index is 548. The van der Waals surface area contributed by atoms with Crippen molar-refractivity contribution in [1.82, 2.24) is 4.98 Å². The van der Waals surface area contributed by atoms with Crippen LogP contribution in [-0.2, 0) is 9.53 Å². The molecule has 0 unspecified atom stereocenters. The van der Waals surface area contributed by atoms with E-state index in [0.717, 1.165) is 11.3 Å². The second kappa shape index (κ2) is 7.46. The van der Waals surface area contributed by atoms with Gasteiger partial charge in [-0.05, 0) is 18.4 Å². The number of esters is 1. The molecule has 1 N–H and O–H groups in total. The Morgan fingerprint density at radius 2 is 2.25 bits per heavy atom. The normalized spacial score (nSPS) is 10.0. The first-order chi connectivity index (χ1) is 9.43. The Hall–Kier alpha value is -2.12. The molecule has 1 aromatic rings. The average Bonchev–Trinajstić information content (AvgIpc) is 2.74. The molecule has 0 fully saturated rings. The number of rotatable bonds is 6. The van der Waals surface area contributed by atoms with Gasteiger partial charge in [0, 0.05) is 4.91 Å². The lowest BCUT2D eigenvalue weighted by Crippen LogP contribution is -2.14. The zero-order valence-corrected chi connectivity index (χ0v) is 12.2. The van der Waals surface area contributed by atoms with Gasteiger partial charge in [0.2, 0.25) is 5.91 Å². The number of hydrogen-bond acceptors (Lipinski definition) is 6. The Morgan fingerprint density at radius 1 is 1.55 bits per heavy atom. The summed E-state index contributed by atoms with van der Waals surface area (Å²) < 4.78 is 5.11. The third-order valence-corrected chi connectivity index (χ3v) is 3.11. The van der Waals surface area contributed by atoms with E-state index in [1.807, 2.05) is 13.8 Å². The van der Waals surface area contributed by atoms with Crippen LogP contribution in [0.5, 0.6) is 0 Å². The Balaban J connectivity index is 2.69. The summed E-state index contributed by atoms with van der Waals surface area (Å²) in [6.07, 6.45) is 0. The summed E-state index contributed by atoms with van der Waals surface area (Å²) in [4.78, 5) is 30.1. The lowest BCUT2D eigenvalue weighted by molar-refractivity contribution is -0.114. The zero-order chi connectivity index (χ0) is 15.1. The first-order valence-corrected chi connectivity index (χ1v) is 6.71. The number of azide groups is 1. The van der Waals surface area contributed by atoms with Crippen molar-refractivity contribution >= 4 is 28.3 Å². The van der Waals surface area contributed by atoms with E-state index < -0.39 is 11.9 Å². The summed E-state index contributed by atoms with van der Waals surface area (Å²) in [5, 5.41) is 5.86. The van der Waals surface area contributed by atoms with E-state index in [9.17, 15) is 9.59 Å². The average molecular weight is 297 g/mol. The summed E-state index contributed by atoms with van der Waals surface area (Å²) in [7, 11) is 0. The van der Waals surface area contributed by atoms with E-state index in [1.54, 1.807) is 6.92 Å². The SMILES string of the molecule is Cc1nc(NC(=O)CN=[N+]=[N-])sc1C(=O)OCC(C)C. The molecule has 0 saturated carbocycles. The number of aryl methyl sites for hydroxylation is 1. The van der Waals surface area contributed by atoms with Crippen molar-refractivity contribution in [2.24, 2.45) is 11.0 Å². The molecular weight excluding hydrogens is 282 g/mol. The second-order valence-corrected chi connectivity index (χ2v) is 5.36. The van der Waals surface area contributed by atoms with E-state index in [-0.39, 0.29) is 17.6 Å². The number of hydrogen-bond donors (Lipinski definition) is 1. The topological polar surface area (TPSA) is 117 Å². The van der Waals surface area contributed by atoms with E-state index in [4.69, 9.17) is 10.3 Å². The lowest BCUT2D eigenvalue weighted by Gasteiger charge is -2.05. The van der Waals surface area contributed by atoms with Gasteiger partial charge in [-0.1, -0.05) is 30.3 Å². The number of anilines is 1. The highest BCUT2D eigenvalue weighted by atomic mass is 32.1. The Kier molecular flexibility index (Phi) is 5.95. The highest BCUT2D eigenvalue weighted by molar-refractivity contribution is 7.17. The van der Waals surface area contributed by atoms with E-state index in [1.165, 1.54) is 0 Å². The van der Waals surface area contributed by atoms with Gasteiger partial charge in [-0.2, -0.15) is 0 Å². The zero-order valence-electron chi connectivity index (χ0n) is 11.4. The maximum Gasteiger partial charge on any atom is 0.350 e. The van der Waals surface area contributed by atoms with Gasteiger partial charge in [-0.15, -0.1) is 0 Å². The molecule has 0 aliphatic heterocycles. The van der Waals surface area contributed by atoms with Gasteiger partial charge >= 0.3 is 5.97 Å². The van der Waals surface area contributed by atoms with Crippen molar-refractivity contribution in [2.45, 2.75) is 20.8 Å². The van der Waals surface area contributed by atoms with Gasteiger partial charge in [0.15, 0.2) is 5.13 Å². The van der Waals surface area contributed by atoms with Crippen LogP contribution in [0.1, 0.15) is 29.2 Å². The van der Waals surface area contributed by atoms with Crippen molar-refractivity contribution in [3.05, 3.63) is 21.0 Å². The third-order valence-electron chi connectivity index (χ3n) is 2.05. The highest BCUT2D eigenvalue weighted by Gasteiger charge is 2.18. The van der Waals surface area contributed by atoms with Crippen molar-refractivity contribution in [1.29, 1.82) is 0 Å². The maximum atomic E-state index is 11.8. The maximum absolute atomic E-state index is 11.8. The van der Waals surface area contributed by atoms with Crippen molar-refractivity contribution in [3.63, 3.8) is 0 Å². The van der Waals surface area contributed by atoms with Crippen LogP contribution >= 0.6 is 11.3 Å². The number of amides is 1. The number of thiazole rings is 1. The first kappa shape index (κ1) is 15.9. The summed E-state index contributed by atoms with van der Waals surface area (Å²) in [6.45, 7) is 5.55. The molecule has 0 bridgehead atoms. The van der Waals surface area contributed by atoms with E-state index in [2.05, 4.69) is 20.3 Å². The molecule has 0 saturated heterocycles. The van der Waals surface area contributed by atoms with Crippen LogP contribution in [0.25, 0.3) is 10.4 Å². The first-order valence-electron chi connectivity index (χ1n) is 5.89. The fraction of sp³-hybridized carbons (Fsp3) is 0.545. The van der Waals surface area contributed by atoms with Gasteiger partial charge in [0.1, 0.15) is 11.4 Å². The Labute approximate surface area is 119 Å². The molecule has 8 nitrogen and oxygen atoms in total. The van der Waals surface area contributed by atoms with Crippen molar-refractivity contribution in [2.75, 3.05) is 18.5 Å². The molecule has 20 heavy (non-hydrogen) atoms. The van der Waals surface area contributed by atoms with Crippen LogP contribution in [0.2, 0.25) is 0 Å². The quantitative estimate of drug-likeness (QED) is 0.375. The highest BCUT2D eigenvalue weighted by Crippen LogP contribution is 2.23. The smallest absolute Gasteiger partial charge is 0.350 e. The molecule has 1 aromatic heterocycles. The molecule has 9 heteroatoms. The van der Waals surface area contributed by atoms with Crippen molar-refractivity contribution < 1.29 is 14.3 Å². The minimum Gasteiger partial charge on any atom is -0.461 e. The summed E-state index contributed by atoms with van der Waals surface area (Å²) in [5.41, 5.74) is 8.60. The van der Waals surface area contributed by atoms with E-state index in [0.29, 0.717) is 17.2 Å². The lowest BCUT2D eigenvalue weighted by atomic mass is 10.2. The van der Waals surface area contributed by atoms with Crippen LogP contribution in [-0.4, -0.2) is 30.0 Å². The number of carbonyl (C=O) groups excluding carboxylic acids is 2. The molecule has 1 rings (SSSR count). The second-order valence-electron chi connectivity index (χ2n) is 4.36. The fourth-order valence-electron chi connectivity index (χ4n) is 1.20. The molecule has 0 aliphatic rings. The fourth-order valence-corrected chi connectivity index (χ4v) is 2.08. The van der Waals surface area contributed by atoms with E-state index >= 15 is 0 Å². The number of ether oxygens (including phenoxy) is 1. The van der Waals surface area contributed by atoms with Gasteiger partial charge in [-0.25, -0.2) is 9.78 Å². The van der Waals surface area contributed by atoms with Crippen LogP contribution < -0.4 is 5.32 Å². The van der Waals surface area contributed by atoms with Crippen LogP contribution in [0.3, 0.4) is 0 Å². The molecule has 1 amide bonds. The summed E-state index contributed by atoms with van der Waals surface area (Å²) in [6, 6.07) is 0. The number of aromatic nitrogens is 1. The molecule has 108 valence electrons. The monoisotopic (exact) mass is 297 g/mol. The summed E-state index contributed by atoms with van der Waals surface area (Å²) in [5.74, 6) is -0.696. The molecular formula is C11H15N5O3S. The van der Waals surface area contributed by atoms with Gasteiger partial charge < -0.3 is 10.1 Å². The molecule has 0 atom stereocenters. The number of carbonyl (C=O) groups is 2.